The third-order valence-corrected chi connectivity index (χ3v) is 5.49. The quantitative estimate of drug-likeness (QED) is 0.759. The molecule has 8 heteroatoms. The van der Waals surface area contributed by atoms with Gasteiger partial charge >= 0.3 is 0 Å². The molecule has 0 aliphatic carbocycles. The molecular formula is C17H22ClN5OS. The van der Waals surface area contributed by atoms with Gasteiger partial charge in [-0.1, -0.05) is 0 Å². The largest absolute Gasteiger partial charge is 0.350 e. The highest BCUT2D eigenvalue weighted by Crippen LogP contribution is 2.30. The SMILES string of the molecule is Cl.O=C(NC[C@H]1CCCN1)C1=CN(c2ccnc3[nH]ccc23)CCS1. The monoisotopic (exact) mass is 379 g/mol. The fourth-order valence-electron chi connectivity index (χ4n) is 3.24. The molecule has 2 aliphatic rings. The van der Waals surface area contributed by atoms with Crippen molar-refractivity contribution in [1.82, 2.24) is 20.6 Å². The highest BCUT2D eigenvalue weighted by molar-refractivity contribution is 8.04. The van der Waals surface area contributed by atoms with Crippen LogP contribution in [0.4, 0.5) is 5.69 Å². The second-order valence-electron chi connectivity index (χ2n) is 6.11. The molecule has 0 spiro atoms. The van der Waals surface area contributed by atoms with Gasteiger partial charge in [0.2, 0.25) is 0 Å². The van der Waals surface area contributed by atoms with Crippen LogP contribution in [0.1, 0.15) is 12.8 Å². The van der Waals surface area contributed by atoms with Crippen molar-refractivity contribution in [3.05, 3.63) is 35.6 Å². The Morgan fingerprint density at radius 2 is 2.36 bits per heavy atom. The van der Waals surface area contributed by atoms with E-state index in [1.165, 1.54) is 6.42 Å². The zero-order chi connectivity index (χ0) is 16.4. The van der Waals surface area contributed by atoms with Crippen molar-refractivity contribution in [3.8, 4) is 0 Å². The number of anilines is 1. The Kier molecular flexibility index (Phi) is 5.88. The molecule has 134 valence electrons. The molecule has 0 radical (unpaired) electrons. The third-order valence-electron chi connectivity index (χ3n) is 4.50. The first-order valence-corrected chi connectivity index (χ1v) is 9.35. The normalized spacial score (nSPS) is 20.2. The summed E-state index contributed by atoms with van der Waals surface area (Å²) in [7, 11) is 0. The predicted octanol–water partition coefficient (Wildman–Crippen LogP) is 2.25. The lowest BCUT2D eigenvalue weighted by Gasteiger charge is -2.26. The molecule has 1 fully saturated rings. The van der Waals surface area contributed by atoms with E-state index in [0.29, 0.717) is 12.6 Å². The lowest BCUT2D eigenvalue weighted by molar-refractivity contribution is -0.116. The number of carbonyl (C=O) groups excluding carboxylic acids is 1. The van der Waals surface area contributed by atoms with Gasteiger partial charge < -0.3 is 20.5 Å². The molecule has 2 aromatic heterocycles. The van der Waals surface area contributed by atoms with Crippen LogP contribution in [-0.2, 0) is 4.79 Å². The number of pyridine rings is 1. The molecule has 3 N–H and O–H groups in total. The molecule has 4 rings (SSSR count). The van der Waals surface area contributed by atoms with Crippen LogP contribution in [0.2, 0.25) is 0 Å². The van der Waals surface area contributed by atoms with Gasteiger partial charge in [0.1, 0.15) is 5.65 Å². The number of fused-ring (bicyclic) bond motifs is 1. The van der Waals surface area contributed by atoms with E-state index >= 15 is 0 Å². The van der Waals surface area contributed by atoms with Crippen molar-refractivity contribution in [2.24, 2.45) is 0 Å². The molecule has 4 heterocycles. The van der Waals surface area contributed by atoms with Gasteiger partial charge in [0.15, 0.2) is 0 Å². The van der Waals surface area contributed by atoms with E-state index in [2.05, 4.69) is 25.5 Å². The van der Waals surface area contributed by atoms with E-state index in [1.807, 2.05) is 24.5 Å². The minimum Gasteiger partial charge on any atom is -0.350 e. The van der Waals surface area contributed by atoms with E-state index < -0.39 is 0 Å². The van der Waals surface area contributed by atoms with Gasteiger partial charge in [-0.3, -0.25) is 4.79 Å². The summed E-state index contributed by atoms with van der Waals surface area (Å²) in [4.78, 5) is 22.9. The van der Waals surface area contributed by atoms with E-state index in [9.17, 15) is 4.79 Å². The summed E-state index contributed by atoms with van der Waals surface area (Å²) >= 11 is 1.62. The second-order valence-corrected chi connectivity index (χ2v) is 7.25. The van der Waals surface area contributed by atoms with Gasteiger partial charge in [-0.25, -0.2) is 4.98 Å². The molecule has 1 saturated heterocycles. The van der Waals surface area contributed by atoms with Crippen LogP contribution in [0.3, 0.4) is 0 Å². The Labute approximate surface area is 157 Å². The molecule has 1 amide bonds. The zero-order valence-electron chi connectivity index (χ0n) is 13.8. The number of carbonyl (C=O) groups is 1. The van der Waals surface area contributed by atoms with E-state index in [0.717, 1.165) is 46.9 Å². The maximum Gasteiger partial charge on any atom is 0.259 e. The minimum absolute atomic E-state index is 0. The number of halogens is 1. The summed E-state index contributed by atoms with van der Waals surface area (Å²) in [5, 5.41) is 7.55. The van der Waals surface area contributed by atoms with E-state index in [4.69, 9.17) is 0 Å². The fourth-order valence-corrected chi connectivity index (χ4v) is 4.16. The Morgan fingerprint density at radius 1 is 1.44 bits per heavy atom. The average Bonchev–Trinajstić information content (AvgIpc) is 3.30. The highest BCUT2D eigenvalue weighted by atomic mass is 35.5. The number of aromatic amines is 1. The standard InChI is InChI=1S/C17H21N5OS.ClH/c23-17(21-10-12-2-1-5-18-12)15-11-22(8-9-24-15)14-4-7-20-16-13(14)3-6-19-16;/h3-4,6-7,11-12,18H,1-2,5,8-10H2,(H,19,20)(H,21,23);1H/t12-;/m1./s1. The Morgan fingerprint density at radius 3 is 3.20 bits per heavy atom. The van der Waals surface area contributed by atoms with Gasteiger partial charge in [0.05, 0.1) is 10.6 Å². The first-order valence-electron chi connectivity index (χ1n) is 8.36. The Bertz CT molecular complexity index is 771. The van der Waals surface area contributed by atoms with Crippen LogP contribution in [0, 0.1) is 0 Å². The molecule has 6 nitrogen and oxygen atoms in total. The van der Waals surface area contributed by atoms with Crippen LogP contribution >= 0.6 is 24.2 Å². The van der Waals surface area contributed by atoms with Crippen LogP contribution < -0.4 is 15.5 Å². The van der Waals surface area contributed by atoms with Gasteiger partial charge in [-0.15, -0.1) is 24.2 Å². The number of nitrogens with one attached hydrogen (secondary N) is 3. The summed E-state index contributed by atoms with van der Waals surface area (Å²) in [6, 6.07) is 4.44. The molecule has 2 aliphatic heterocycles. The molecule has 0 bridgehead atoms. The van der Waals surface area contributed by atoms with Gasteiger partial charge in [-0.2, -0.15) is 0 Å². The van der Waals surface area contributed by atoms with Crippen LogP contribution in [0.25, 0.3) is 11.0 Å². The Hall–Kier alpha value is -1.70. The summed E-state index contributed by atoms with van der Waals surface area (Å²) in [5.41, 5.74) is 1.96. The number of aromatic nitrogens is 2. The lowest BCUT2D eigenvalue weighted by atomic mass is 10.2. The third kappa shape index (κ3) is 3.94. The number of hydrogen-bond donors (Lipinski definition) is 3. The minimum atomic E-state index is 0. The molecular weight excluding hydrogens is 358 g/mol. The van der Waals surface area contributed by atoms with Crippen molar-refractivity contribution in [1.29, 1.82) is 0 Å². The van der Waals surface area contributed by atoms with Crippen molar-refractivity contribution < 1.29 is 4.79 Å². The molecule has 0 saturated carbocycles. The first kappa shape index (κ1) is 18.1. The lowest BCUT2D eigenvalue weighted by Crippen LogP contribution is -2.38. The fraction of sp³-hybridized carbons (Fsp3) is 0.412. The van der Waals surface area contributed by atoms with Crippen molar-refractivity contribution in [3.63, 3.8) is 0 Å². The van der Waals surface area contributed by atoms with Gasteiger partial charge in [-0.05, 0) is 31.5 Å². The summed E-state index contributed by atoms with van der Waals surface area (Å²) in [6.07, 6.45) is 8.00. The van der Waals surface area contributed by atoms with Gasteiger partial charge in [0.25, 0.3) is 5.91 Å². The number of hydrogen-bond acceptors (Lipinski definition) is 5. The van der Waals surface area contributed by atoms with Crippen LogP contribution in [-0.4, -0.2) is 47.3 Å². The van der Waals surface area contributed by atoms with E-state index in [1.54, 1.807) is 18.0 Å². The van der Waals surface area contributed by atoms with Crippen molar-refractivity contribution in [2.45, 2.75) is 18.9 Å². The Balaban J connectivity index is 0.00000182. The smallest absolute Gasteiger partial charge is 0.259 e. The van der Waals surface area contributed by atoms with Gasteiger partial charge in [0, 0.05) is 48.9 Å². The predicted molar refractivity (Wildman–Crippen MR) is 105 cm³/mol. The maximum absolute atomic E-state index is 12.5. The topological polar surface area (TPSA) is 73.1 Å². The number of amides is 1. The van der Waals surface area contributed by atoms with Crippen LogP contribution in [0.5, 0.6) is 0 Å². The molecule has 2 aromatic rings. The first-order chi connectivity index (χ1) is 11.8. The number of H-pyrrole nitrogens is 1. The summed E-state index contributed by atoms with van der Waals surface area (Å²) in [6.45, 7) is 2.64. The molecule has 1 atom stereocenters. The van der Waals surface area contributed by atoms with E-state index in [-0.39, 0.29) is 18.3 Å². The number of rotatable bonds is 4. The van der Waals surface area contributed by atoms with Crippen LogP contribution in [0.15, 0.2) is 35.6 Å². The molecule has 0 aromatic carbocycles. The maximum atomic E-state index is 12.5. The molecule has 25 heavy (non-hydrogen) atoms. The molecule has 0 unspecified atom stereocenters. The second kappa shape index (κ2) is 8.12. The average molecular weight is 380 g/mol. The summed E-state index contributed by atoms with van der Waals surface area (Å²) in [5.74, 6) is 0.924. The highest BCUT2D eigenvalue weighted by Gasteiger charge is 2.21. The number of nitrogens with zero attached hydrogens (tertiary/aromatic N) is 2. The van der Waals surface area contributed by atoms with Crippen molar-refractivity contribution >= 4 is 46.8 Å². The van der Waals surface area contributed by atoms with Crippen molar-refractivity contribution in [2.75, 3.05) is 30.3 Å². The summed E-state index contributed by atoms with van der Waals surface area (Å²) < 4.78 is 0. The zero-order valence-corrected chi connectivity index (χ0v) is 15.5. The number of thioether (sulfide) groups is 1.